The number of fused-ring (bicyclic) bond motifs is 1. The summed E-state index contributed by atoms with van der Waals surface area (Å²) in [4.78, 5) is 11.2. The van der Waals surface area contributed by atoms with E-state index in [9.17, 15) is 9.90 Å². The molecule has 4 atom stereocenters. The standard InChI is InChI=1S/C11H16O5S.2C2H6/c1-17-11(13)16-8-3-2-7(12)4-9-10(5-8)15-6-14-9;2*1-2/h2-3,7-10,12H,4-6H2,1H3;2*1-2H3/b3-2+;;. The first-order valence-electron chi connectivity index (χ1n) is 7.53. The summed E-state index contributed by atoms with van der Waals surface area (Å²) in [6, 6.07) is 0. The van der Waals surface area contributed by atoms with Gasteiger partial charge in [0.05, 0.1) is 18.3 Å². The molecule has 1 aliphatic heterocycles. The molecule has 4 unspecified atom stereocenters. The van der Waals surface area contributed by atoms with E-state index in [1.165, 1.54) is 0 Å². The number of hydrogen-bond acceptors (Lipinski definition) is 6. The Kier molecular flexibility index (Phi) is 11.7. The van der Waals surface area contributed by atoms with Crippen LogP contribution in [0.25, 0.3) is 0 Å². The van der Waals surface area contributed by atoms with Crippen molar-refractivity contribution in [1.29, 1.82) is 0 Å². The van der Waals surface area contributed by atoms with Gasteiger partial charge in [0.15, 0.2) is 0 Å². The summed E-state index contributed by atoms with van der Waals surface area (Å²) in [5.41, 5.74) is 0. The van der Waals surface area contributed by atoms with E-state index in [0.717, 1.165) is 11.8 Å². The van der Waals surface area contributed by atoms with Gasteiger partial charge >= 0.3 is 5.30 Å². The van der Waals surface area contributed by atoms with E-state index in [4.69, 9.17) is 14.2 Å². The maximum Gasteiger partial charge on any atom is 0.367 e. The van der Waals surface area contributed by atoms with E-state index in [1.54, 1.807) is 18.4 Å². The largest absolute Gasteiger partial charge is 0.450 e. The second-order valence-electron chi connectivity index (χ2n) is 4.06. The van der Waals surface area contributed by atoms with Crippen LogP contribution in [0.4, 0.5) is 4.79 Å². The lowest BCUT2D eigenvalue weighted by Gasteiger charge is -2.24. The molecular weight excluding hydrogens is 292 g/mol. The predicted molar refractivity (Wildman–Crippen MR) is 85.5 cm³/mol. The third kappa shape index (κ3) is 7.31. The first kappa shape index (κ1) is 20.4. The monoisotopic (exact) mass is 320 g/mol. The van der Waals surface area contributed by atoms with Crippen LogP contribution in [0.15, 0.2) is 12.2 Å². The number of aliphatic hydroxyl groups excluding tert-OH is 1. The second-order valence-corrected chi connectivity index (χ2v) is 4.80. The predicted octanol–water partition coefficient (Wildman–Crippen LogP) is 3.36. The van der Waals surface area contributed by atoms with Crippen molar-refractivity contribution in [3.8, 4) is 0 Å². The van der Waals surface area contributed by atoms with E-state index >= 15 is 0 Å². The Hall–Kier alpha value is -0.560. The molecule has 1 N–H and O–H groups in total. The summed E-state index contributed by atoms with van der Waals surface area (Å²) < 4.78 is 16.0. The van der Waals surface area contributed by atoms with Crippen LogP contribution in [0.1, 0.15) is 40.5 Å². The van der Waals surface area contributed by atoms with Gasteiger partial charge in [0, 0.05) is 12.8 Å². The highest BCUT2D eigenvalue weighted by atomic mass is 32.2. The van der Waals surface area contributed by atoms with Crippen LogP contribution in [-0.4, -0.2) is 47.9 Å². The minimum atomic E-state index is -0.583. The molecule has 0 aromatic carbocycles. The first-order chi connectivity index (χ1) is 10.2. The second kappa shape index (κ2) is 12.0. The topological polar surface area (TPSA) is 65.0 Å². The summed E-state index contributed by atoms with van der Waals surface area (Å²) in [6.07, 6.45) is 4.94. The van der Waals surface area contributed by atoms with Crippen molar-refractivity contribution in [2.24, 2.45) is 0 Å². The Balaban J connectivity index is 0.000000921. The Labute approximate surface area is 132 Å². The highest BCUT2D eigenvalue weighted by molar-refractivity contribution is 8.12. The van der Waals surface area contributed by atoms with Gasteiger partial charge in [-0.3, -0.25) is 0 Å². The number of hydrogen-bond donors (Lipinski definition) is 1. The Bertz CT molecular complexity index is 308. The molecule has 5 nitrogen and oxygen atoms in total. The summed E-state index contributed by atoms with van der Waals surface area (Å²) in [6.45, 7) is 8.24. The molecule has 0 amide bonds. The van der Waals surface area contributed by atoms with Crippen LogP contribution in [0.2, 0.25) is 0 Å². The molecule has 1 heterocycles. The van der Waals surface area contributed by atoms with Crippen LogP contribution in [-0.2, 0) is 14.2 Å². The van der Waals surface area contributed by atoms with Crippen LogP contribution in [0.5, 0.6) is 0 Å². The third-order valence-electron chi connectivity index (χ3n) is 2.88. The van der Waals surface area contributed by atoms with Crippen molar-refractivity contribution in [3.63, 3.8) is 0 Å². The van der Waals surface area contributed by atoms with Gasteiger partial charge in [-0.15, -0.1) is 0 Å². The van der Waals surface area contributed by atoms with Crippen LogP contribution >= 0.6 is 11.8 Å². The van der Waals surface area contributed by atoms with Gasteiger partial charge in [0.2, 0.25) is 0 Å². The summed E-state index contributed by atoms with van der Waals surface area (Å²) in [5, 5.41) is 9.37. The molecule has 0 aromatic heterocycles. The average molecular weight is 320 g/mol. The van der Waals surface area contributed by atoms with Crippen molar-refractivity contribution in [2.75, 3.05) is 13.0 Å². The molecule has 0 radical (unpaired) electrons. The Morgan fingerprint density at radius 2 is 1.71 bits per heavy atom. The number of carbonyl (C=O) groups is 1. The zero-order valence-electron chi connectivity index (χ0n) is 13.6. The number of ether oxygens (including phenoxy) is 3. The van der Waals surface area contributed by atoms with E-state index in [2.05, 4.69) is 0 Å². The fourth-order valence-electron chi connectivity index (χ4n) is 2.00. The van der Waals surface area contributed by atoms with Crippen LogP contribution in [0.3, 0.4) is 0 Å². The van der Waals surface area contributed by atoms with Gasteiger partial charge in [-0.25, -0.2) is 4.79 Å². The first-order valence-corrected chi connectivity index (χ1v) is 8.75. The normalized spacial score (nSPS) is 32.1. The van der Waals surface area contributed by atoms with Crippen molar-refractivity contribution in [1.82, 2.24) is 0 Å². The summed E-state index contributed by atoms with van der Waals surface area (Å²) in [5.74, 6) is 0. The number of carbonyl (C=O) groups excluding carboxylic acids is 1. The van der Waals surface area contributed by atoms with Crippen molar-refractivity contribution >= 4 is 17.1 Å². The molecule has 6 heteroatoms. The van der Waals surface area contributed by atoms with Crippen LogP contribution in [0, 0.1) is 0 Å². The maximum absolute atomic E-state index is 11.2. The van der Waals surface area contributed by atoms with Crippen LogP contribution < -0.4 is 0 Å². The molecule has 0 bridgehead atoms. The minimum Gasteiger partial charge on any atom is -0.450 e. The Morgan fingerprint density at radius 3 is 2.29 bits per heavy atom. The zero-order valence-corrected chi connectivity index (χ0v) is 14.4. The summed E-state index contributed by atoms with van der Waals surface area (Å²) >= 11 is 1.03. The lowest BCUT2D eigenvalue weighted by molar-refractivity contribution is 0.0286. The third-order valence-corrected chi connectivity index (χ3v) is 3.31. The molecule has 1 aliphatic carbocycles. The number of thioether (sulfide) groups is 1. The molecule has 2 aliphatic rings. The van der Waals surface area contributed by atoms with E-state index < -0.39 is 6.10 Å². The molecular formula is C15H28O5S. The fraction of sp³-hybridized carbons (Fsp3) is 0.800. The lowest BCUT2D eigenvalue weighted by Crippen LogP contribution is -2.33. The zero-order chi connectivity index (χ0) is 16.3. The average Bonchev–Trinajstić information content (AvgIpc) is 2.93. The molecule has 0 saturated carbocycles. The Morgan fingerprint density at radius 1 is 1.14 bits per heavy atom. The van der Waals surface area contributed by atoms with Gasteiger partial charge in [0.25, 0.3) is 0 Å². The van der Waals surface area contributed by atoms with Crippen molar-refractivity contribution in [3.05, 3.63) is 12.2 Å². The van der Waals surface area contributed by atoms with Gasteiger partial charge in [-0.05, 0) is 24.1 Å². The molecule has 2 rings (SSSR count). The SMILES string of the molecule is CC.CC.CSC(=O)OC1/C=C/C(O)CC2OCOC2C1. The van der Waals surface area contributed by atoms with Crippen molar-refractivity contribution in [2.45, 2.75) is 65.0 Å². The van der Waals surface area contributed by atoms with E-state index in [0.29, 0.717) is 12.8 Å². The van der Waals surface area contributed by atoms with Gasteiger partial charge in [-0.1, -0.05) is 33.8 Å². The molecule has 0 aromatic rings. The van der Waals surface area contributed by atoms with Gasteiger partial charge < -0.3 is 19.3 Å². The molecule has 124 valence electrons. The molecule has 1 saturated heterocycles. The van der Waals surface area contributed by atoms with Crippen molar-refractivity contribution < 1.29 is 24.1 Å². The minimum absolute atomic E-state index is 0.116. The van der Waals surface area contributed by atoms with E-state index in [1.807, 2.05) is 27.7 Å². The molecule has 21 heavy (non-hydrogen) atoms. The fourth-order valence-corrected chi connectivity index (χ4v) is 2.22. The molecule has 0 spiro atoms. The number of rotatable bonds is 1. The lowest BCUT2D eigenvalue weighted by atomic mass is 9.97. The van der Waals surface area contributed by atoms with Gasteiger partial charge in [-0.2, -0.15) is 0 Å². The van der Waals surface area contributed by atoms with Gasteiger partial charge in [0.1, 0.15) is 12.9 Å². The smallest absolute Gasteiger partial charge is 0.367 e. The van der Waals surface area contributed by atoms with E-state index in [-0.39, 0.29) is 30.4 Å². The summed E-state index contributed by atoms with van der Waals surface area (Å²) in [7, 11) is 0. The highest BCUT2D eigenvalue weighted by Crippen LogP contribution is 2.26. The quantitative estimate of drug-likeness (QED) is 0.590. The highest BCUT2D eigenvalue weighted by Gasteiger charge is 2.34. The number of aliphatic hydroxyl groups is 1. The molecule has 1 fully saturated rings. The maximum atomic E-state index is 11.2.